The highest BCUT2D eigenvalue weighted by Gasteiger charge is 2.41. The zero-order valence-electron chi connectivity index (χ0n) is 21.8. The van der Waals surface area contributed by atoms with Gasteiger partial charge in [0.2, 0.25) is 5.91 Å². The lowest BCUT2D eigenvalue weighted by atomic mass is 9.91. The van der Waals surface area contributed by atoms with Crippen LogP contribution in [-0.2, 0) is 31.0 Å². The molecule has 2 atom stereocenters. The fourth-order valence-electron chi connectivity index (χ4n) is 4.74. The number of carbonyl (C=O) groups excluding carboxylic acids is 3. The molecule has 1 fully saturated rings. The summed E-state index contributed by atoms with van der Waals surface area (Å²) >= 11 is 0. The van der Waals surface area contributed by atoms with E-state index in [0.29, 0.717) is 24.3 Å². The number of carbonyl (C=O) groups is 3. The maximum Gasteiger partial charge on any atom is 0.302 e. The van der Waals surface area contributed by atoms with Crippen molar-refractivity contribution in [1.29, 1.82) is 0 Å². The van der Waals surface area contributed by atoms with Crippen molar-refractivity contribution < 1.29 is 36.3 Å². The van der Waals surface area contributed by atoms with Gasteiger partial charge in [0.05, 0.1) is 17.9 Å². The summed E-state index contributed by atoms with van der Waals surface area (Å²) in [6, 6.07) is 4.60. The van der Waals surface area contributed by atoms with Crippen LogP contribution in [0.3, 0.4) is 0 Å². The fourth-order valence-corrected chi connectivity index (χ4v) is 7.06. The van der Waals surface area contributed by atoms with E-state index in [-0.39, 0.29) is 17.1 Å². The van der Waals surface area contributed by atoms with Gasteiger partial charge in [-0.1, -0.05) is 6.07 Å². The first-order chi connectivity index (χ1) is 18.2. The molecule has 2 aliphatic rings. The fraction of sp³-hybridized carbons (Fsp3) is 0.400. The zero-order chi connectivity index (χ0) is 28.7. The average Bonchev–Trinajstić information content (AvgIpc) is 3.07. The van der Waals surface area contributed by atoms with Crippen LogP contribution < -0.4 is 19.5 Å². The molecular formula is C25H30F2N4O6S2. The van der Waals surface area contributed by atoms with Gasteiger partial charge in [-0.3, -0.25) is 14.4 Å². The molecule has 39 heavy (non-hydrogen) atoms. The second-order valence-electron chi connectivity index (χ2n) is 9.97. The van der Waals surface area contributed by atoms with Crippen LogP contribution in [0.5, 0.6) is 5.75 Å². The number of fused-ring (bicyclic) bond motifs is 1. The number of nitrogens with zero attached hydrogens (tertiary/aromatic N) is 1. The summed E-state index contributed by atoms with van der Waals surface area (Å²) in [4.78, 5) is 40.1. The lowest BCUT2D eigenvalue weighted by molar-refractivity contribution is -0.140. The lowest BCUT2D eigenvalue weighted by Gasteiger charge is -2.37. The number of hydrogen-bond acceptors (Lipinski definition) is 6. The molecule has 2 aromatic rings. The first-order valence-corrected chi connectivity index (χ1v) is 16.4. The monoisotopic (exact) mass is 584 g/mol. The quantitative estimate of drug-likeness (QED) is 0.457. The van der Waals surface area contributed by atoms with E-state index in [1.807, 2.05) is 6.92 Å². The van der Waals surface area contributed by atoms with Crippen LogP contribution in [0.25, 0.3) is 0 Å². The molecule has 2 aromatic carbocycles. The highest BCUT2D eigenvalue weighted by Crippen LogP contribution is 2.48. The summed E-state index contributed by atoms with van der Waals surface area (Å²) in [7, 11) is -5.79. The Morgan fingerprint density at radius 3 is 2.38 bits per heavy atom. The van der Waals surface area contributed by atoms with Crippen LogP contribution in [0, 0.1) is 11.6 Å². The number of ether oxygens (including phenoxy) is 1. The van der Waals surface area contributed by atoms with Gasteiger partial charge in [-0.2, -0.15) is 13.1 Å². The second kappa shape index (κ2) is 10.7. The number of halogens is 2. The molecule has 10 nitrogen and oxygen atoms in total. The summed E-state index contributed by atoms with van der Waals surface area (Å²) in [5, 5.41) is 2.53. The van der Waals surface area contributed by atoms with Crippen molar-refractivity contribution >= 4 is 43.6 Å². The van der Waals surface area contributed by atoms with Crippen molar-refractivity contribution in [3.05, 3.63) is 53.1 Å². The van der Waals surface area contributed by atoms with E-state index in [1.54, 1.807) is 41.7 Å². The van der Waals surface area contributed by atoms with E-state index < -0.39 is 68.1 Å². The van der Waals surface area contributed by atoms with Gasteiger partial charge in [0.1, 0.15) is 29.5 Å². The standard InChI is InChI=1S/C25H30F2N4O6S2/c1-5-37-16-6-7-17-14(10-16)8-9-31(21(32)13-20-24(33)30-39(35,36)29-20)22(17)25(34)28-15-11-18(26)23(19(27)12-15)38(2,3)4/h6-7,10-12,20,22,29H,5,8-9,13H2,1-4H3,(H,28,34)(H,30,33)/t20-,22+/m0/s1. The Balaban J connectivity index is 1.66. The highest BCUT2D eigenvalue weighted by atomic mass is 32.3. The molecule has 0 unspecified atom stereocenters. The van der Waals surface area contributed by atoms with E-state index in [0.717, 1.165) is 17.7 Å². The topological polar surface area (TPSA) is 134 Å². The van der Waals surface area contributed by atoms with E-state index in [4.69, 9.17) is 4.74 Å². The minimum atomic E-state index is -4.06. The molecule has 4 rings (SSSR count). The number of hydrogen-bond donors (Lipinski definition) is 3. The van der Waals surface area contributed by atoms with Crippen molar-refractivity contribution in [2.24, 2.45) is 0 Å². The Bertz CT molecular complexity index is 1420. The van der Waals surface area contributed by atoms with Gasteiger partial charge in [0, 0.05) is 12.2 Å². The van der Waals surface area contributed by atoms with Gasteiger partial charge in [-0.15, -0.1) is 0 Å². The summed E-state index contributed by atoms with van der Waals surface area (Å²) in [5.41, 5.74) is 1.10. The highest BCUT2D eigenvalue weighted by molar-refractivity contribution is 8.32. The SMILES string of the molecule is CCOc1ccc2c(c1)CCN(C(=O)C[C@@H]1NS(=O)(=O)NC1=O)[C@H]2C(=O)Nc1cc(F)c(S(C)(C)C)c(F)c1. The molecule has 0 spiro atoms. The van der Waals surface area contributed by atoms with Gasteiger partial charge < -0.3 is 15.0 Å². The minimum absolute atomic E-state index is 0.0407. The molecule has 3 N–H and O–H groups in total. The third-order valence-electron chi connectivity index (χ3n) is 6.33. The van der Waals surface area contributed by atoms with Crippen molar-refractivity contribution in [2.45, 2.75) is 36.7 Å². The first kappa shape index (κ1) is 28.8. The third-order valence-corrected chi connectivity index (χ3v) is 9.01. The molecule has 0 saturated carbocycles. The van der Waals surface area contributed by atoms with E-state index in [2.05, 4.69) is 10.0 Å². The van der Waals surface area contributed by atoms with Gasteiger partial charge >= 0.3 is 10.2 Å². The summed E-state index contributed by atoms with van der Waals surface area (Å²) in [5.74, 6) is -3.24. The Morgan fingerprint density at radius 2 is 1.82 bits per heavy atom. The van der Waals surface area contributed by atoms with Gasteiger partial charge in [0.25, 0.3) is 11.8 Å². The normalized spacial score (nSPS) is 20.7. The van der Waals surface area contributed by atoms with Crippen LogP contribution in [0.1, 0.15) is 30.5 Å². The van der Waals surface area contributed by atoms with Crippen LogP contribution in [-0.4, -0.2) is 69.0 Å². The van der Waals surface area contributed by atoms with Crippen LogP contribution >= 0.6 is 10.0 Å². The van der Waals surface area contributed by atoms with Gasteiger partial charge in [-0.25, -0.2) is 23.5 Å². The zero-order valence-corrected chi connectivity index (χ0v) is 23.5. The second-order valence-corrected chi connectivity index (χ2v) is 15.5. The van der Waals surface area contributed by atoms with E-state index in [9.17, 15) is 31.6 Å². The summed E-state index contributed by atoms with van der Waals surface area (Å²) < 4.78 is 62.4. The van der Waals surface area contributed by atoms with Crippen molar-refractivity contribution in [3.63, 3.8) is 0 Å². The molecule has 2 heterocycles. The van der Waals surface area contributed by atoms with Crippen molar-refractivity contribution in [3.8, 4) is 5.75 Å². The molecule has 14 heteroatoms. The Hall–Kier alpha value is -3.23. The van der Waals surface area contributed by atoms with Crippen LogP contribution in [0.15, 0.2) is 35.2 Å². The molecule has 2 aliphatic heterocycles. The minimum Gasteiger partial charge on any atom is -0.494 e. The lowest BCUT2D eigenvalue weighted by Crippen LogP contribution is -2.47. The smallest absolute Gasteiger partial charge is 0.302 e. The average molecular weight is 585 g/mol. The molecule has 212 valence electrons. The Kier molecular flexibility index (Phi) is 7.92. The molecule has 1 saturated heterocycles. The molecule has 0 radical (unpaired) electrons. The number of benzene rings is 2. The maximum atomic E-state index is 14.8. The molecule has 3 amide bonds. The number of anilines is 1. The summed E-state index contributed by atoms with van der Waals surface area (Å²) in [6.45, 7) is 2.33. The van der Waals surface area contributed by atoms with Gasteiger partial charge in [0.15, 0.2) is 0 Å². The first-order valence-electron chi connectivity index (χ1n) is 12.1. The molecule has 0 aliphatic carbocycles. The summed E-state index contributed by atoms with van der Waals surface area (Å²) in [6.07, 6.45) is 5.08. The maximum absolute atomic E-state index is 14.8. The Labute approximate surface area is 227 Å². The molecule has 0 aromatic heterocycles. The van der Waals surface area contributed by atoms with Crippen molar-refractivity contribution in [2.75, 3.05) is 37.2 Å². The largest absolute Gasteiger partial charge is 0.494 e. The number of nitrogens with one attached hydrogen (secondary N) is 3. The van der Waals surface area contributed by atoms with E-state index in [1.165, 1.54) is 4.90 Å². The van der Waals surface area contributed by atoms with Crippen LogP contribution in [0.2, 0.25) is 0 Å². The Morgan fingerprint density at radius 1 is 1.15 bits per heavy atom. The third kappa shape index (κ3) is 6.17. The van der Waals surface area contributed by atoms with Crippen molar-refractivity contribution in [1.82, 2.24) is 14.3 Å². The molecule has 0 bridgehead atoms. The predicted octanol–water partition coefficient (Wildman–Crippen LogP) is 2.20. The predicted molar refractivity (Wildman–Crippen MR) is 143 cm³/mol. The number of rotatable bonds is 7. The van der Waals surface area contributed by atoms with Gasteiger partial charge in [-0.05, 0) is 67.5 Å². The van der Waals surface area contributed by atoms with E-state index >= 15 is 0 Å². The number of amides is 3. The molecular weight excluding hydrogens is 554 g/mol. The van der Waals surface area contributed by atoms with Crippen LogP contribution in [0.4, 0.5) is 14.5 Å².